The van der Waals surface area contributed by atoms with Crippen molar-refractivity contribution < 1.29 is 18.7 Å². The topological polar surface area (TPSA) is 47.6 Å². The number of carbonyl (C=O) groups is 1. The fourth-order valence-electron chi connectivity index (χ4n) is 2.32. The smallest absolute Gasteiger partial charge is 0.172 e. The molecule has 0 amide bonds. The van der Waals surface area contributed by atoms with E-state index in [2.05, 4.69) is 12.2 Å². The first-order chi connectivity index (χ1) is 10.5. The lowest BCUT2D eigenvalue weighted by Gasteiger charge is -2.35. The van der Waals surface area contributed by atoms with Gasteiger partial charge < -0.3 is 14.8 Å². The quantitative estimate of drug-likeness (QED) is 0.802. The molecule has 4 nitrogen and oxygen atoms in total. The van der Waals surface area contributed by atoms with Crippen molar-refractivity contribution >= 4 is 5.78 Å². The van der Waals surface area contributed by atoms with Crippen LogP contribution in [-0.2, 0) is 4.79 Å². The maximum Gasteiger partial charge on any atom is 0.172 e. The lowest BCUT2D eigenvalue weighted by Crippen LogP contribution is -2.46. The van der Waals surface area contributed by atoms with Gasteiger partial charge in [0.05, 0.1) is 0 Å². The Hall–Kier alpha value is -1.62. The lowest BCUT2D eigenvalue weighted by molar-refractivity contribution is -0.123. The second-order valence-electron chi connectivity index (χ2n) is 6.00. The predicted molar refractivity (Wildman–Crippen MR) is 82.9 cm³/mol. The van der Waals surface area contributed by atoms with Gasteiger partial charge in [0.25, 0.3) is 0 Å². The van der Waals surface area contributed by atoms with Gasteiger partial charge in [-0.05, 0) is 19.4 Å². The van der Waals surface area contributed by atoms with E-state index in [4.69, 9.17) is 9.47 Å². The van der Waals surface area contributed by atoms with E-state index >= 15 is 0 Å². The maximum atomic E-state index is 13.6. The van der Waals surface area contributed by atoms with E-state index in [1.807, 2.05) is 13.8 Å². The molecule has 0 heterocycles. The standard InChI is InChI=1S/C17H24FNO3/c1-4-19-13-7-16(8-13)22-15-6-12(18)5-14(9-15)21-10-17(20)11(2)3/h5-6,9,11,13,16,19H,4,7-8,10H2,1-3H3/t13-,16+. The monoisotopic (exact) mass is 309 g/mol. The molecular formula is C17H24FNO3. The van der Waals surface area contributed by atoms with E-state index in [9.17, 15) is 9.18 Å². The lowest BCUT2D eigenvalue weighted by atomic mass is 9.89. The van der Waals surface area contributed by atoms with Crippen LogP contribution in [0.5, 0.6) is 11.5 Å². The molecule has 0 aliphatic heterocycles. The van der Waals surface area contributed by atoms with Crippen LogP contribution in [0.2, 0.25) is 0 Å². The number of hydrogen-bond acceptors (Lipinski definition) is 4. The first kappa shape index (κ1) is 16.7. The van der Waals surface area contributed by atoms with Crippen LogP contribution < -0.4 is 14.8 Å². The van der Waals surface area contributed by atoms with Crippen LogP contribution in [0.25, 0.3) is 0 Å². The number of halogens is 1. The molecule has 1 N–H and O–H groups in total. The summed E-state index contributed by atoms with van der Waals surface area (Å²) in [5, 5.41) is 3.35. The normalized spacial score (nSPS) is 20.6. The molecule has 0 bridgehead atoms. The van der Waals surface area contributed by atoms with Crippen LogP contribution in [-0.4, -0.2) is 31.1 Å². The van der Waals surface area contributed by atoms with E-state index in [0.29, 0.717) is 17.5 Å². The van der Waals surface area contributed by atoms with Crippen LogP contribution in [0, 0.1) is 11.7 Å². The summed E-state index contributed by atoms with van der Waals surface area (Å²) in [5.74, 6) is 0.243. The minimum atomic E-state index is -0.424. The summed E-state index contributed by atoms with van der Waals surface area (Å²) < 4.78 is 24.7. The third kappa shape index (κ3) is 4.70. The van der Waals surface area contributed by atoms with Crippen LogP contribution >= 0.6 is 0 Å². The Kier molecular flexibility index (Phi) is 5.77. The van der Waals surface area contributed by atoms with Crippen LogP contribution in [0.15, 0.2) is 18.2 Å². The van der Waals surface area contributed by atoms with Crippen molar-refractivity contribution in [1.82, 2.24) is 5.32 Å². The van der Waals surface area contributed by atoms with Crippen molar-refractivity contribution in [3.05, 3.63) is 24.0 Å². The number of ketones is 1. The summed E-state index contributed by atoms with van der Waals surface area (Å²) in [5.41, 5.74) is 0. The zero-order valence-corrected chi connectivity index (χ0v) is 13.4. The first-order valence-corrected chi connectivity index (χ1v) is 7.84. The second kappa shape index (κ2) is 7.58. The number of nitrogens with one attached hydrogen (secondary N) is 1. The molecule has 2 rings (SSSR count). The van der Waals surface area contributed by atoms with Crippen molar-refractivity contribution in [1.29, 1.82) is 0 Å². The maximum absolute atomic E-state index is 13.6. The van der Waals surface area contributed by atoms with Crippen LogP contribution in [0.3, 0.4) is 0 Å². The van der Waals surface area contributed by atoms with Gasteiger partial charge in [-0.1, -0.05) is 20.8 Å². The Labute approximate surface area is 131 Å². The summed E-state index contributed by atoms with van der Waals surface area (Å²) in [4.78, 5) is 11.6. The molecule has 5 heteroatoms. The molecule has 1 fully saturated rings. The number of carbonyl (C=O) groups excluding carboxylic acids is 1. The molecule has 1 aromatic rings. The van der Waals surface area contributed by atoms with E-state index in [1.165, 1.54) is 12.1 Å². The van der Waals surface area contributed by atoms with Crippen molar-refractivity contribution in [2.24, 2.45) is 5.92 Å². The summed E-state index contributed by atoms with van der Waals surface area (Å²) in [6.07, 6.45) is 1.95. The van der Waals surface area contributed by atoms with Gasteiger partial charge in [0.15, 0.2) is 5.78 Å². The summed E-state index contributed by atoms with van der Waals surface area (Å²) >= 11 is 0. The van der Waals surface area contributed by atoms with E-state index in [1.54, 1.807) is 6.07 Å². The molecule has 122 valence electrons. The average molecular weight is 309 g/mol. The molecule has 1 saturated carbocycles. The third-order valence-electron chi connectivity index (χ3n) is 3.76. The molecule has 1 aliphatic rings. The van der Waals surface area contributed by atoms with Crippen molar-refractivity contribution in [3.63, 3.8) is 0 Å². The Morgan fingerprint density at radius 3 is 2.64 bits per heavy atom. The molecule has 0 atom stereocenters. The number of rotatable bonds is 8. The molecule has 1 aromatic carbocycles. The van der Waals surface area contributed by atoms with Gasteiger partial charge in [-0.25, -0.2) is 4.39 Å². The van der Waals surface area contributed by atoms with Gasteiger partial charge in [-0.15, -0.1) is 0 Å². The Morgan fingerprint density at radius 2 is 2.00 bits per heavy atom. The van der Waals surface area contributed by atoms with Gasteiger partial charge in [0, 0.05) is 30.2 Å². The Balaban J connectivity index is 1.89. The fraction of sp³-hybridized carbons (Fsp3) is 0.588. The highest BCUT2D eigenvalue weighted by Gasteiger charge is 2.30. The molecular weight excluding hydrogens is 285 g/mol. The molecule has 22 heavy (non-hydrogen) atoms. The highest BCUT2D eigenvalue weighted by atomic mass is 19.1. The minimum absolute atomic E-state index is 0.0146. The number of ether oxygens (including phenoxy) is 2. The molecule has 0 unspecified atom stereocenters. The van der Waals surface area contributed by atoms with E-state index in [-0.39, 0.29) is 24.4 Å². The molecule has 0 spiro atoms. The van der Waals surface area contributed by atoms with Gasteiger partial charge >= 0.3 is 0 Å². The fourth-order valence-corrected chi connectivity index (χ4v) is 2.32. The first-order valence-electron chi connectivity index (χ1n) is 7.84. The Bertz CT molecular complexity index is 513. The second-order valence-corrected chi connectivity index (χ2v) is 6.00. The van der Waals surface area contributed by atoms with Gasteiger partial charge in [-0.3, -0.25) is 4.79 Å². The summed E-state index contributed by atoms with van der Waals surface area (Å²) in [7, 11) is 0. The highest BCUT2D eigenvalue weighted by Crippen LogP contribution is 2.29. The summed E-state index contributed by atoms with van der Waals surface area (Å²) in [6, 6.07) is 4.74. The minimum Gasteiger partial charge on any atom is -0.490 e. The SMILES string of the molecule is CCN[C@H]1C[C@@H](Oc2cc(F)cc(OCC(=O)C(C)C)c2)C1. The van der Waals surface area contributed by atoms with Gasteiger partial charge in [-0.2, -0.15) is 0 Å². The highest BCUT2D eigenvalue weighted by molar-refractivity contribution is 5.81. The summed E-state index contributed by atoms with van der Waals surface area (Å²) in [6.45, 7) is 6.58. The molecule has 0 radical (unpaired) electrons. The van der Waals surface area contributed by atoms with Crippen LogP contribution in [0.4, 0.5) is 4.39 Å². The van der Waals surface area contributed by atoms with Gasteiger partial charge in [0.2, 0.25) is 0 Å². The largest absolute Gasteiger partial charge is 0.490 e. The van der Waals surface area contributed by atoms with E-state index in [0.717, 1.165) is 19.4 Å². The van der Waals surface area contributed by atoms with Crippen molar-refractivity contribution in [2.75, 3.05) is 13.2 Å². The number of benzene rings is 1. The molecule has 1 aliphatic carbocycles. The number of hydrogen-bond donors (Lipinski definition) is 1. The van der Waals surface area contributed by atoms with Crippen molar-refractivity contribution in [2.45, 2.75) is 45.8 Å². The zero-order chi connectivity index (χ0) is 16.1. The van der Waals surface area contributed by atoms with Gasteiger partial charge in [0.1, 0.15) is 30.0 Å². The average Bonchev–Trinajstić information content (AvgIpc) is 2.42. The zero-order valence-electron chi connectivity index (χ0n) is 13.4. The van der Waals surface area contributed by atoms with Crippen LogP contribution in [0.1, 0.15) is 33.6 Å². The Morgan fingerprint density at radius 1 is 1.32 bits per heavy atom. The molecule has 0 aromatic heterocycles. The van der Waals surface area contributed by atoms with Crippen molar-refractivity contribution in [3.8, 4) is 11.5 Å². The van der Waals surface area contributed by atoms with E-state index < -0.39 is 5.82 Å². The third-order valence-corrected chi connectivity index (χ3v) is 3.76. The number of Topliss-reactive ketones (excluding diaryl/α,β-unsaturated/α-hetero) is 1. The predicted octanol–water partition coefficient (Wildman–Crippen LogP) is 2.95. The molecule has 0 saturated heterocycles.